The third-order valence-electron chi connectivity index (χ3n) is 6.54. The SMILES string of the molecule is C=CCCCCCCCCCCCCCCC1NC=C[N+]1(CC)C(C)NC(C)=O. The average molecular weight is 407 g/mol. The molecule has 0 aliphatic carbocycles. The van der Waals surface area contributed by atoms with Gasteiger partial charge in [0.05, 0.1) is 12.7 Å². The topological polar surface area (TPSA) is 41.1 Å². The lowest BCUT2D eigenvalue weighted by atomic mass is 10.0. The first-order chi connectivity index (χ1) is 14.1. The van der Waals surface area contributed by atoms with Gasteiger partial charge in [0.1, 0.15) is 6.20 Å². The third-order valence-corrected chi connectivity index (χ3v) is 6.54. The van der Waals surface area contributed by atoms with Gasteiger partial charge >= 0.3 is 0 Å². The quantitative estimate of drug-likeness (QED) is 0.158. The second-order valence-electron chi connectivity index (χ2n) is 8.79. The molecule has 1 heterocycles. The Hall–Kier alpha value is -1.29. The molecule has 3 unspecified atom stereocenters. The van der Waals surface area contributed by atoms with Gasteiger partial charge in [-0.1, -0.05) is 70.3 Å². The lowest BCUT2D eigenvalue weighted by Crippen LogP contribution is -2.62. The summed E-state index contributed by atoms with van der Waals surface area (Å²) < 4.78 is 0.813. The summed E-state index contributed by atoms with van der Waals surface area (Å²) in [5.74, 6) is 0.0511. The molecule has 0 aromatic heterocycles. The Kier molecular flexibility index (Phi) is 13.8. The number of amides is 1. The van der Waals surface area contributed by atoms with E-state index < -0.39 is 0 Å². The average Bonchev–Trinajstić information content (AvgIpc) is 3.12. The molecule has 1 aliphatic rings. The van der Waals surface area contributed by atoms with E-state index in [-0.39, 0.29) is 12.1 Å². The van der Waals surface area contributed by atoms with Crippen LogP contribution in [-0.4, -0.2) is 29.3 Å². The van der Waals surface area contributed by atoms with Crippen molar-refractivity contribution < 1.29 is 9.28 Å². The molecule has 3 atom stereocenters. The Morgan fingerprint density at radius 2 is 1.55 bits per heavy atom. The standard InChI is InChI=1S/C25H47N3O/c1-5-7-8-9-10-11-12-13-14-15-16-17-18-19-20-25-26-21-22-28(25,6-2)23(3)27-24(4)29/h5,21-23,25-26H,1,6-20H2,2-4H3/p+1. The van der Waals surface area contributed by atoms with E-state index in [0.29, 0.717) is 6.17 Å². The molecule has 29 heavy (non-hydrogen) atoms. The molecular formula is C25H48N3O+. The van der Waals surface area contributed by atoms with Crippen molar-refractivity contribution in [2.24, 2.45) is 0 Å². The van der Waals surface area contributed by atoms with Crippen LogP contribution < -0.4 is 10.6 Å². The Labute approximate surface area is 180 Å². The van der Waals surface area contributed by atoms with E-state index in [1.165, 1.54) is 83.5 Å². The van der Waals surface area contributed by atoms with Gasteiger partial charge in [-0.2, -0.15) is 0 Å². The van der Waals surface area contributed by atoms with Crippen LogP contribution in [0.5, 0.6) is 0 Å². The van der Waals surface area contributed by atoms with Gasteiger partial charge in [-0.05, 0) is 26.2 Å². The highest BCUT2D eigenvalue weighted by Gasteiger charge is 2.41. The van der Waals surface area contributed by atoms with Crippen LogP contribution in [0.2, 0.25) is 0 Å². The van der Waals surface area contributed by atoms with Gasteiger partial charge in [0, 0.05) is 20.3 Å². The first-order valence-corrected chi connectivity index (χ1v) is 12.3. The van der Waals surface area contributed by atoms with E-state index in [2.05, 4.69) is 43.5 Å². The summed E-state index contributed by atoms with van der Waals surface area (Å²) in [6, 6.07) is 0. The number of hydrogen-bond acceptors (Lipinski definition) is 2. The van der Waals surface area contributed by atoms with Crippen molar-refractivity contribution in [2.75, 3.05) is 6.54 Å². The summed E-state index contributed by atoms with van der Waals surface area (Å²) in [5, 5.41) is 6.63. The number of carbonyl (C=O) groups is 1. The predicted molar refractivity (Wildman–Crippen MR) is 125 cm³/mol. The maximum atomic E-state index is 11.5. The molecule has 4 nitrogen and oxygen atoms in total. The van der Waals surface area contributed by atoms with Crippen LogP contribution in [0.15, 0.2) is 25.1 Å². The molecule has 1 amide bonds. The highest BCUT2D eigenvalue weighted by Crippen LogP contribution is 2.26. The fraction of sp³-hybridized carbons (Fsp3) is 0.800. The lowest BCUT2D eigenvalue weighted by molar-refractivity contribution is -0.923. The van der Waals surface area contributed by atoms with E-state index in [4.69, 9.17) is 0 Å². The van der Waals surface area contributed by atoms with Crippen LogP contribution in [0.3, 0.4) is 0 Å². The van der Waals surface area contributed by atoms with Crippen molar-refractivity contribution in [3.63, 3.8) is 0 Å². The highest BCUT2D eigenvalue weighted by molar-refractivity contribution is 5.72. The largest absolute Gasteiger partial charge is 0.338 e. The summed E-state index contributed by atoms with van der Waals surface area (Å²) in [6.45, 7) is 10.7. The summed E-state index contributed by atoms with van der Waals surface area (Å²) in [6.07, 6.45) is 25.6. The first kappa shape index (κ1) is 25.7. The van der Waals surface area contributed by atoms with Crippen molar-refractivity contribution in [1.29, 1.82) is 0 Å². The van der Waals surface area contributed by atoms with Crippen molar-refractivity contribution >= 4 is 5.91 Å². The van der Waals surface area contributed by atoms with Crippen molar-refractivity contribution in [3.8, 4) is 0 Å². The van der Waals surface area contributed by atoms with Gasteiger partial charge in [-0.15, -0.1) is 6.58 Å². The molecule has 0 spiro atoms. The second kappa shape index (κ2) is 15.5. The smallest absolute Gasteiger partial charge is 0.221 e. The number of allylic oxidation sites excluding steroid dienone is 1. The van der Waals surface area contributed by atoms with E-state index in [9.17, 15) is 4.79 Å². The van der Waals surface area contributed by atoms with Gasteiger partial charge in [-0.3, -0.25) is 9.28 Å². The monoisotopic (exact) mass is 406 g/mol. The minimum Gasteiger partial charge on any atom is -0.338 e. The number of rotatable bonds is 18. The first-order valence-electron chi connectivity index (χ1n) is 12.3. The van der Waals surface area contributed by atoms with Crippen LogP contribution >= 0.6 is 0 Å². The van der Waals surface area contributed by atoms with Crippen LogP contribution in [0, 0.1) is 0 Å². The minimum absolute atomic E-state index is 0.0511. The van der Waals surface area contributed by atoms with Crippen molar-refractivity contribution in [2.45, 2.75) is 123 Å². The van der Waals surface area contributed by atoms with E-state index in [1.54, 1.807) is 6.92 Å². The normalized spacial score (nSPS) is 21.7. The molecule has 0 aromatic rings. The molecule has 4 heteroatoms. The molecule has 0 radical (unpaired) electrons. The Bertz CT molecular complexity index is 477. The fourth-order valence-corrected chi connectivity index (χ4v) is 4.67. The van der Waals surface area contributed by atoms with Gasteiger partial charge in [-0.25, -0.2) is 0 Å². The zero-order chi connectivity index (χ0) is 21.4. The second-order valence-corrected chi connectivity index (χ2v) is 8.79. The summed E-state index contributed by atoms with van der Waals surface area (Å²) >= 11 is 0. The maximum absolute atomic E-state index is 11.5. The number of nitrogens with zero attached hydrogens (tertiary/aromatic N) is 1. The molecule has 1 aliphatic heterocycles. The summed E-state index contributed by atoms with van der Waals surface area (Å²) in [4.78, 5) is 11.5. The molecule has 0 fully saturated rings. The molecule has 1 rings (SSSR count). The zero-order valence-electron chi connectivity index (χ0n) is 19.6. The number of unbranched alkanes of at least 4 members (excludes halogenated alkanes) is 12. The third kappa shape index (κ3) is 9.84. The fourth-order valence-electron chi connectivity index (χ4n) is 4.67. The van der Waals surface area contributed by atoms with Crippen LogP contribution in [0.25, 0.3) is 0 Å². The number of nitrogens with one attached hydrogen (secondary N) is 2. The summed E-state index contributed by atoms with van der Waals surface area (Å²) in [5.41, 5.74) is 0. The van der Waals surface area contributed by atoms with Crippen molar-refractivity contribution in [3.05, 3.63) is 25.1 Å². The predicted octanol–water partition coefficient (Wildman–Crippen LogP) is 6.35. The summed E-state index contributed by atoms with van der Waals surface area (Å²) in [7, 11) is 0. The maximum Gasteiger partial charge on any atom is 0.221 e. The Morgan fingerprint density at radius 1 is 1.03 bits per heavy atom. The zero-order valence-corrected chi connectivity index (χ0v) is 19.6. The Morgan fingerprint density at radius 3 is 2.03 bits per heavy atom. The molecule has 0 aromatic carbocycles. The van der Waals surface area contributed by atoms with Gasteiger partial charge in [0.15, 0.2) is 12.3 Å². The molecule has 2 N–H and O–H groups in total. The van der Waals surface area contributed by atoms with Gasteiger partial charge in [0.2, 0.25) is 5.91 Å². The number of hydrogen-bond donors (Lipinski definition) is 2. The minimum atomic E-state index is 0.0511. The molecule has 168 valence electrons. The number of carbonyl (C=O) groups excluding carboxylic acids is 1. The highest BCUT2D eigenvalue weighted by atomic mass is 16.1. The molecular weight excluding hydrogens is 358 g/mol. The lowest BCUT2D eigenvalue weighted by Gasteiger charge is -2.41. The molecule has 0 bridgehead atoms. The van der Waals surface area contributed by atoms with E-state index in [0.717, 1.165) is 17.4 Å². The van der Waals surface area contributed by atoms with E-state index in [1.807, 2.05) is 6.08 Å². The van der Waals surface area contributed by atoms with Crippen LogP contribution in [-0.2, 0) is 4.79 Å². The molecule has 0 saturated carbocycles. The van der Waals surface area contributed by atoms with Gasteiger partial charge < -0.3 is 10.6 Å². The molecule has 0 saturated heterocycles. The Balaban J connectivity index is 2.05. The van der Waals surface area contributed by atoms with Crippen molar-refractivity contribution in [1.82, 2.24) is 10.6 Å². The van der Waals surface area contributed by atoms with E-state index >= 15 is 0 Å². The number of quaternary nitrogens is 1. The van der Waals surface area contributed by atoms with Crippen LogP contribution in [0.4, 0.5) is 0 Å². The van der Waals surface area contributed by atoms with Crippen LogP contribution in [0.1, 0.15) is 111 Å². The van der Waals surface area contributed by atoms with Gasteiger partial charge in [0.25, 0.3) is 0 Å².